The number of carbonyl (C=O) groups excluding carboxylic acids is 1. The summed E-state index contributed by atoms with van der Waals surface area (Å²) >= 11 is 0. The average molecular weight is 312 g/mol. The Morgan fingerprint density at radius 3 is 2.61 bits per heavy atom. The van der Waals surface area contributed by atoms with Gasteiger partial charge in [0, 0.05) is 0 Å². The van der Waals surface area contributed by atoms with Crippen molar-refractivity contribution in [1.29, 1.82) is 0 Å². The van der Waals surface area contributed by atoms with E-state index in [1.807, 2.05) is 55.5 Å². The second-order valence-corrected chi connectivity index (χ2v) is 5.08. The van der Waals surface area contributed by atoms with E-state index in [1.165, 1.54) is 0 Å². The second-order valence-electron chi connectivity index (χ2n) is 5.08. The lowest BCUT2D eigenvalue weighted by atomic mass is 10.2. The van der Waals surface area contributed by atoms with Crippen LogP contribution in [-0.4, -0.2) is 25.3 Å². The summed E-state index contributed by atoms with van der Waals surface area (Å²) < 4.78 is 10.7. The van der Waals surface area contributed by atoms with Gasteiger partial charge in [-0.1, -0.05) is 29.8 Å². The minimum absolute atomic E-state index is 0.315. The van der Waals surface area contributed by atoms with Gasteiger partial charge in [-0.3, -0.25) is 4.79 Å². The molecular weight excluding hydrogens is 292 g/mol. The predicted octanol–water partition coefficient (Wildman–Crippen LogP) is 2.92. The van der Waals surface area contributed by atoms with Gasteiger partial charge in [0.05, 0.1) is 13.3 Å². The molecule has 0 radical (unpaired) electrons. The van der Waals surface area contributed by atoms with E-state index in [2.05, 4.69) is 10.5 Å². The maximum absolute atomic E-state index is 12.0. The van der Waals surface area contributed by atoms with E-state index >= 15 is 0 Å². The zero-order valence-electron chi connectivity index (χ0n) is 13.4. The van der Waals surface area contributed by atoms with Crippen LogP contribution in [0.4, 0.5) is 0 Å². The van der Waals surface area contributed by atoms with Crippen LogP contribution in [0.1, 0.15) is 18.1 Å². The summed E-state index contributed by atoms with van der Waals surface area (Å²) in [6.07, 6.45) is 0.916. The van der Waals surface area contributed by atoms with Gasteiger partial charge in [-0.05, 0) is 43.7 Å². The van der Waals surface area contributed by atoms with Crippen LogP contribution in [0.2, 0.25) is 0 Å². The molecule has 2 aromatic carbocycles. The summed E-state index contributed by atoms with van der Waals surface area (Å²) in [7, 11) is 1.60. The van der Waals surface area contributed by atoms with Crippen LogP contribution in [-0.2, 0) is 4.79 Å². The van der Waals surface area contributed by atoms with Crippen molar-refractivity contribution < 1.29 is 14.3 Å². The van der Waals surface area contributed by atoms with Crippen LogP contribution in [0.5, 0.6) is 11.5 Å². The number of carbonyl (C=O) groups is 1. The first-order valence-electron chi connectivity index (χ1n) is 7.29. The van der Waals surface area contributed by atoms with Crippen LogP contribution in [0, 0.1) is 6.92 Å². The minimum atomic E-state index is -0.639. The Morgan fingerprint density at radius 2 is 1.91 bits per heavy atom. The summed E-state index contributed by atoms with van der Waals surface area (Å²) in [6.45, 7) is 3.67. The molecule has 0 aromatic heterocycles. The summed E-state index contributed by atoms with van der Waals surface area (Å²) in [5.41, 5.74) is 4.43. The number of benzene rings is 2. The molecule has 1 N–H and O–H groups in total. The summed E-state index contributed by atoms with van der Waals surface area (Å²) in [5.74, 6) is 1.07. The number of amides is 1. The van der Waals surface area contributed by atoms with Gasteiger partial charge < -0.3 is 9.47 Å². The maximum atomic E-state index is 12.0. The van der Waals surface area contributed by atoms with Crippen molar-refractivity contribution >= 4 is 12.1 Å². The zero-order valence-corrected chi connectivity index (χ0v) is 13.4. The van der Waals surface area contributed by atoms with E-state index in [0.717, 1.165) is 16.9 Å². The monoisotopic (exact) mass is 312 g/mol. The third-order valence-electron chi connectivity index (χ3n) is 3.19. The Labute approximate surface area is 135 Å². The molecule has 0 heterocycles. The van der Waals surface area contributed by atoms with Crippen LogP contribution < -0.4 is 14.9 Å². The molecule has 5 nitrogen and oxygen atoms in total. The van der Waals surface area contributed by atoms with Gasteiger partial charge in [-0.15, -0.1) is 0 Å². The highest BCUT2D eigenvalue weighted by molar-refractivity contribution is 5.84. The number of ether oxygens (including phenoxy) is 2. The second kappa shape index (κ2) is 7.98. The van der Waals surface area contributed by atoms with E-state index in [-0.39, 0.29) is 5.91 Å². The maximum Gasteiger partial charge on any atom is 0.280 e. The Bertz CT molecular complexity index is 681. The van der Waals surface area contributed by atoms with Gasteiger partial charge >= 0.3 is 0 Å². The number of aryl methyl sites for hydroxylation is 1. The van der Waals surface area contributed by atoms with E-state index in [1.54, 1.807) is 20.2 Å². The SMILES string of the molecule is COc1cccc(/C=N/NC(=O)C(C)Oc2ccc(C)cc2)c1. The van der Waals surface area contributed by atoms with Crippen molar-refractivity contribution in [2.24, 2.45) is 5.10 Å². The van der Waals surface area contributed by atoms with Crippen molar-refractivity contribution in [3.8, 4) is 11.5 Å². The fourth-order valence-corrected chi connectivity index (χ4v) is 1.86. The highest BCUT2D eigenvalue weighted by Gasteiger charge is 2.13. The summed E-state index contributed by atoms with van der Waals surface area (Å²) in [6, 6.07) is 14.9. The lowest BCUT2D eigenvalue weighted by Crippen LogP contribution is -2.33. The van der Waals surface area contributed by atoms with Gasteiger partial charge in [0.25, 0.3) is 5.91 Å². The molecule has 5 heteroatoms. The molecular formula is C18H20N2O3. The smallest absolute Gasteiger partial charge is 0.280 e. The molecule has 1 unspecified atom stereocenters. The van der Waals surface area contributed by atoms with Crippen molar-refractivity contribution in [1.82, 2.24) is 5.43 Å². The first-order chi connectivity index (χ1) is 11.1. The van der Waals surface area contributed by atoms with Crippen LogP contribution in [0.25, 0.3) is 0 Å². The highest BCUT2D eigenvalue weighted by Crippen LogP contribution is 2.13. The average Bonchev–Trinajstić information content (AvgIpc) is 2.57. The Morgan fingerprint density at radius 1 is 1.17 bits per heavy atom. The van der Waals surface area contributed by atoms with Crippen LogP contribution in [0.3, 0.4) is 0 Å². The number of hydrogen-bond donors (Lipinski definition) is 1. The lowest BCUT2D eigenvalue weighted by molar-refractivity contribution is -0.127. The van der Waals surface area contributed by atoms with Crippen molar-refractivity contribution in [3.05, 3.63) is 59.7 Å². The van der Waals surface area contributed by atoms with Crippen molar-refractivity contribution in [2.45, 2.75) is 20.0 Å². The minimum Gasteiger partial charge on any atom is -0.497 e. The molecule has 0 spiro atoms. The number of nitrogens with zero attached hydrogens (tertiary/aromatic N) is 1. The van der Waals surface area contributed by atoms with Gasteiger partial charge in [0.15, 0.2) is 6.10 Å². The van der Waals surface area contributed by atoms with E-state index < -0.39 is 6.10 Å². The third-order valence-corrected chi connectivity index (χ3v) is 3.19. The van der Waals surface area contributed by atoms with E-state index in [0.29, 0.717) is 5.75 Å². The number of rotatable bonds is 6. The molecule has 0 bridgehead atoms. The molecule has 120 valence electrons. The molecule has 0 aliphatic heterocycles. The highest BCUT2D eigenvalue weighted by atomic mass is 16.5. The number of hydrazone groups is 1. The standard InChI is InChI=1S/C18H20N2O3/c1-13-7-9-16(10-8-13)23-14(2)18(21)20-19-12-15-5-4-6-17(11-15)22-3/h4-12,14H,1-3H3,(H,20,21)/b19-12+. The molecule has 23 heavy (non-hydrogen) atoms. The zero-order chi connectivity index (χ0) is 16.7. The molecule has 0 aliphatic rings. The summed E-state index contributed by atoms with van der Waals surface area (Å²) in [4.78, 5) is 12.0. The molecule has 0 saturated carbocycles. The van der Waals surface area contributed by atoms with Crippen LogP contribution >= 0.6 is 0 Å². The largest absolute Gasteiger partial charge is 0.497 e. The normalized spacial score (nSPS) is 12.0. The molecule has 2 rings (SSSR count). The first-order valence-corrected chi connectivity index (χ1v) is 7.29. The Balaban J connectivity index is 1.88. The summed E-state index contributed by atoms with van der Waals surface area (Å²) in [5, 5.41) is 3.93. The fraction of sp³-hybridized carbons (Fsp3) is 0.222. The fourth-order valence-electron chi connectivity index (χ4n) is 1.86. The van der Waals surface area contributed by atoms with Crippen LogP contribution in [0.15, 0.2) is 53.6 Å². The van der Waals surface area contributed by atoms with E-state index in [4.69, 9.17) is 9.47 Å². The molecule has 0 fully saturated rings. The van der Waals surface area contributed by atoms with Crippen molar-refractivity contribution in [3.63, 3.8) is 0 Å². The molecule has 0 aliphatic carbocycles. The quantitative estimate of drug-likeness (QED) is 0.659. The molecule has 1 amide bonds. The lowest BCUT2D eigenvalue weighted by Gasteiger charge is -2.12. The Kier molecular flexibility index (Phi) is 5.74. The molecule has 1 atom stereocenters. The third kappa shape index (κ3) is 5.14. The van der Waals surface area contributed by atoms with Crippen molar-refractivity contribution in [2.75, 3.05) is 7.11 Å². The number of hydrogen-bond acceptors (Lipinski definition) is 4. The Hall–Kier alpha value is -2.82. The first kappa shape index (κ1) is 16.5. The number of methoxy groups -OCH3 is 1. The van der Waals surface area contributed by atoms with Gasteiger partial charge in [-0.2, -0.15) is 5.10 Å². The van der Waals surface area contributed by atoms with Gasteiger partial charge in [0.2, 0.25) is 0 Å². The molecule has 0 saturated heterocycles. The number of nitrogens with one attached hydrogen (secondary N) is 1. The van der Waals surface area contributed by atoms with E-state index in [9.17, 15) is 4.79 Å². The topological polar surface area (TPSA) is 59.9 Å². The van der Waals surface area contributed by atoms with Gasteiger partial charge in [-0.25, -0.2) is 5.43 Å². The predicted molar refractivity (Wildman–Crippen MR) is 90.0 cm³/mol. The van der Waals surface area contributed by atoms with Gasteiger partial charge in [0.1, 0.15) is 11.5 Å². The molecule has 2 aromatic rings.